The first-order valence-corrected chi connectivity index (χ1v) is 10.6. The third-order valence-electron chi connectivity index (χ3n) is 7.29. The number of esters is 1. The van der Waals surface area contributed by atoms with Crippen molar-refractivity contribution in [3.8, 4) is 0 Å². The Labute approximate surface area is 170 Å². The molecule has 1 N–H and O–H groups in total. The van der Waals surface area contributed by atoms with E-state index in [0.29, 0.717) is 24.3 Å². The number of anilines is 1. The molecule has 4 aliphatic rings. The van der Waals surface area contributed by atoms with Crippen LogP contribution in [-0.4, -0.2) is 60.3 Å². The minimum absolute atomic E-state index is 0.185. The predicted octanol–water partition coefficient (Wildman–Crippen LogP) is 1.47. The van der Waals surface area contributed by atoms with Crippen LogP contribution in [0.1, 0.15) is 48.3 Å². The molecule has 1 amide bonds. The minimum atomic E-state index is -0.455. The van der Waals surface area contributed by atoms with Crippen molar-refractivity contribution >= 4 is 17.8 Å². The standard InChI is InChI=1S/C21H28N4O4/c1-12-8-16(19(27)28-2)24-20(23-12)25-10-15-14(9-22-18(26)13-4-3-5-13)17-6-7-21(15,11-25)29-17/h8,13-15,17H,3-7,9-11H2,1-2H3,(H,22,26)/t14-,15+,17+,21+/m0/s1. The quantitative estimate of drug-likeness (QED) is 0.748. The fourth-order valence-electron chi connectivity index (χ4n) is 5.55. The smallest absolute Gasteiger partial charge is 0.356 e. The van der Waals surface area contributed by atoms with Gasteiger partial charge in [0.05, 0.1) is 25.4 Å². The van der Waals surface area contributed by atoms with Crippen molar-refractivity contribution in [3.63, 3.8) is 0 Å². The number of amides is 1. The van der Waals surface area contributed by atoms with Crippen LogP contribution in [0.3, 0.4) is 0 Å². The van der Waals surface area contributed by atoms with E-state index in [1.165, 1.54) is 7.11 Å². The van der Waals surface area contributed by atoms with Crippen LogP contribution in [-0.2, 0) is 14.3 Å². The van der Waals surface area contributed by atoms with E-state index in [2.05, 4.69) is 20.2 Å². The Kier molecular flexibility index (Phi) is 4.49. The molecule has 4 fully saturated rings. The number of nitrogens with one attached hydrogen (secondary N) is 1. The zero-order valence-electron chi connectivity index (χ0n) is 17.0. The van der Waals surface area contributed by atoms with Gasteiger partial charge >= 0.3 is 5.97 Å². The summed E-state index contributed by atoms with van der Waals surface area (Å²) in [6, 6.07) is 1.64. The molecule has 0 radical (unpaired) electrons. The molecule has 4 atom stereocenters. The van der Waals surface area contributed by atoms with Gasteiger partial charge < -0.3 is 19.7 Å². The Morgan fingerprint density at radius 3 is 2.90 bits per heavy atom. The first kappa shape index (κ1) is 18.8. The summed E-state index contributed by atoms with van der Waals surface area (Å²) in [5.74, 6) is 1.17. The Bertz CT molecular complexity index is 842. The highest BCUT2D eigenvalue weighted by atomic mass is 16.5. The summed E-state index contributed by atoms with van der Waals surface area (Å²) in [6.45, 7) is 4.05. The molecule has 1 saturated carbocycles. The van der Waals surface area contributed by atoms with Crippen molar-refractivity contribution < 1.29 is 19.1 Å². The molecule has 4 heterocycles. The Hall–Kier alpha value is -2.22. The topological polar surface area (TPSA) is 93.7 Å². The molecule has 156 valence electrons. The van der Waals surface area contributed by atoms with Gasteiger partial charge in [0.2, 0.25) is 11.9 Å². The predicted molar refractivity (Wildman–Crippen MR) is 104 cm³/mol. The molecular weight excluding hydrogens is 372 g/mol. The summed E-state index contributed by atoms with van der Waals surface area (Å²) in [6.07, 6.45) is 5.50. The molecule has 29 heavy (non-hydrogen) atoms. The monoisotopic (exact) mass is 400 g/mol. The van der Waals surface area contributed by atoms with E-state index in [9.17, 15) is 9.59 Å². The lowest BCUT2D eigenvalue weighted by atomic mass is 9.73. The number of carbonyl (C=O) groups is 2. The molecular formula is C21H28N4O4. The third kappa shape index (κ3) is 3.08. The van der Waals surface area contributed by atoms with Crippen LogP contribution in [0.4, 0.5) is 5.95 Å². The van der Waals surface area contributed by atoms with Crippen LogP contribution in [0.15, 0.2) is 6.07 Å². The second kappa shape index (κ2) is 6.93. The SMILES string of the molecule is COC(=O)c1cc(C)nc(N2C[C@@H]3[C@H](CNC(=O)C4CCC4)[C@H]4CC[C@]3(C2)O4)n1. The van der Waals surface area contributed by atoms with Gasteiger partial charge in [-0.2, -0.15) is 0 Å². The van der Waals surface area contributed by atoms with Gasteiger partial charge in [0.1, 0.15) is 0 Å². The van der Waals surface area contributed by atoms with Crippen molar-refractivity contribution in [1.82, 2.24) is 15.3 Å². The Morgan fingerprint density at radius 1 is 1.34 bits per heavy atom. The Balaban J connectivity index is 1.32. The van der Waals surface area contributed by atoms with Crippen molar-refractivity contribution in [2.75, 3.05) is 31.6 Å². The van der Waals surface area contributed by atoms with Crippen molar-refractivity contribution in [1.29, 1.82) is 0 Å². The highest BCUT2D eigenvalue weighted by Gasteiger charge is 2.63. The van der Waals surface area contributed by atoms with Crippen LogP contribution in [0, 0.1) is 24.7 Å². The number of hydrogen-bond acceptors (Lipinski definition) is 7. The summed E-state index contributed by atoms with van der Waals surface area (Å²) in [5, 5.41) is 3.19. The fraction of sp³-hybridized carbons (Fsp3) is 0.714. The van der Waals surface area contributed by atoms with Crippen molar-refractivity contribution in [2.24, 2.45) is 17.8 Å². The zero-order chi connectivity index (χ0) is 20.2. The van der Waals surface area contributed by atoms with E-state index in [1.807, 2.05) is 6.92 Å². The molecule has 8 nitrogen and oxygen atoms in total. The van der Waals surface area contributed by atoms with Crippen LogP contribution < -0.4 is 10.2 Å². The second-order valence-corrected chi connectivity index (χ2v) is 8.97. The minimum Gasteiger partial charge on any atom is -0.464 e. The highest BCUT2D eigenvalue weighted by Crippen LogP contribution is 2.55. The number of carbonyl (C=O) groups excluding carboxylic acids is 2. The van der Waals surface area contributed by atoms with Crippen LogP contribution in [0.2, 0.25) is 0 Å². The van der Waals surface area contributed by atoms with Crippen LogP contribution in [0.25, 0.3) is 0 Å². The lowest BCUT2D eigenvalue weighted by Gasteiger charge is -2.30. The van der Waals surface area contributed by atoms with Gasteiger partial charge in [-0.05, 0) is 38.7 Å². The van der Waals surface area contributed by atoms with E-state index in [-0.39, 0.29) is 29.2 Å². The lowest BCUT2D eigenvalue weighted by Crippen LogP contribution is -2.44. The van der Waals surface area contributed by atoms with Gasteiger partial charge in [-0.15, -0.1) is 0 Å². The average Bonchev–Trinajstić information content (AvgIpc) is 3.32. The largest absolute Gasteiger partial charge is 0.464 e. The number of rotatable bonds is 5. The number of methoxy groups -OCH3 is 1. The number of fused-ring (bicyclic) bond motifs is 1. The summed E-state index contributed by atoms with van der Waals surface area (Å²) in [5.41, 5.74) is 0.827. The molecule has 8 heteroatoms. The maximum absolute atomic E-state index is 12.3. The summed E-state index contributed by atoms with van der Waals surface area (Å²) < 4.78 is 11.3. The zero-order valence-corrected chi connectivity index (χ0v) is 17.0. The summed E-state index contributed by atoms with van der Waals surface area (Å²) >= 11 is 0. The second-order valence-electron chi connectivity index (χ2n) is 8.97. The first-order valence-electron chi connectivity index (χ1n) is 10.6. The number of ether oxygens (including phenoxy) is 2. The number of aromatic nitrogens is 2. The molecule has 3 aliphatic heterocycles. The normalized spacial score (nSPS) is 32.8. The number of hydrogen-bond donors (Lipinski definition) is 1. The van der Waals surface area contributed by atoms with Crippen molar-refractivity contribution in [3.05, 3.63) is 17.5 Å². The third-order valence-corrected chi connectivity index (χ3v) is 7.29. The summed E-state index contributed by atoms with van der Waals surface area (Å²) in [7, 11) is 1.35. The molecule has 0 unspecified atom stereocenters. The maximum Gasteiger partial charge on any atom is 0.356 e. The van der Waals surface area contributed by atoms with Gasteiger partial charge in [0.15, 0.2) is 5.69 Å². The van der Waals surface area contributed by atoms with Gasteiger partial charge in [-0.25, -0.2) is 14.8 Å². The van der Waals surface area contributed by atoms with E-state index < -0.39 is 5.97 Å². The average molecular weight is 400 g/mol. The lowest BCUT2D eigenvalue weighted by molar-refractivity contribution is -0.127. The van der Waals surface area contributed by atoms with E-state index in [1.54, 1.807) is 6.07 Å². The van der Waals surface area contributed by atoms with Crippen molar-refractivity contribution in [2.45, 2.75) is 50.7 Å². The van der Waals surface area contributed by atoms with Crippen LogP contribution >= 0.6 is 0 Å². The number of nitrogens with zero attached hydrogens (tertiary/aromatic N) is 3. The molecule has 2 bridgehead atoms. The van der Waals surface area contributed by atoms with E-state index >= 15 is 0 Å². The highest BCUT2D eigenvalue weighted by molar-refractivity contribution is 5.87. The molecule has 0 aromatic carbocycles. The van der Waals surface area contributed by atoms with Crippen LogP contribution in [0.5, 0.6) is 0 Å². The van der Waals surface area contributed by atoms with Gasteiger partial charge in [-0.1, -0.05) is 6.42 Å². The maximum atomic E-state index is 12.3. The van der Waals surface area contributed by atoms with Gasteiger partial charge in [-0.3, -0.25) is 4.79 Å². The fourth-order valence-corrected chi connectivity index (χ4v) is 5.55. The summed E-state index contributed by atoms with van der Waals surface area (Å²) in [4.78, 5) is 35.4. The molecule has 1 aromatic rings. The molecule has 1 spiro atoms. The van der Waals surface area contributed by atoms with Gasteiger partial charge in [0, 0.05) is 36.5 Å². The molecule has 5 rings (SSSR count). The molecule has 3 saturated heterocycles. The van der Waals surface area contributed by atoms with E-state index in [4.69, 9.17) is 9.47 Å². The molecule has 1 aliphatic carbocycles. The van der Waals surface area contributed by atoms with E-state index in [0.717, 1.165) is 50.9 Å². The first-order chi connectivity index (χ1) is 14.0. The Morgan fingerprint density at radius 2 is 2.17 bits per heavy atom. The molecule has 1 aromatic heterocycles. The van der Waals surface area contributed by atoms with Gasteiger partial charge in [0.25, 0.3) is 0 Å². The number of aryl methyl sites for hydroxylation is 1.